The molecule has 6 nitrogen and oxygen atoms in total. The van der Waals surface area contributed by atoms with E-state index in [0.29, 0.717) is 17.7 Å². The number of rotatable bonds is 5. The van der Waals surface area contributed by atoms with Crippen molar-refractivity contribution in [3.8, 4) is 0 Å². The molecule has 2 rings (SSSR count). The Morgan fingerprint density at radius 3 is 2.24 bits per heavy atom. The maximum absolute atomic E-state index is 12.3. The van der Waals surface area contributed by atoms with Gasteiger partial charge in [0.15, 0.2) is 0 Å². The molecule has 1 aromatic rings. The number of carbonyl (C=O) groups is 1. The van der Waals surface area contributed by atoms with Crippen molar-refractivity contribution >= 4 is 15.9 Å². The second-order valence-electron chi connectivity index (χ2n) is 5.65. The van der Waals surface area contributed by atoms with E-state index in [9.17, 15) is 13.2 Å². The third kappa shape index (κ3) is 4.26. The Balaban J connectivity index is 2.06. The minimum absolute atomic E-state index is 0.176. The smallest absolute Gasteiger partial charge is 0.251 e. The molecule has 0 aromatic heterocycles. The van der Waals surface area contributed by atoms with E-state index in [1.165, 1.54) is 0 Å². The minimum atomic E-state index is -3.56. The van der Waals surface area contributed by atoms with Gasteiger partial charge in [0.25, 0.3) is 5.91 Å². The molecule has 1 aliphatic rings. The van der Waals surface area contributed by atoms with Crippen LogP contribution in [0.5, 0.6) is 0 Å². The number of amides is 1. The van der Waals surface area contributed by atoms with Crippen molar-refractivity contribution in [1.82, 2.24) is 5.32 Å². The molecule has 0 unspecified atom stereocenters. The van der Waals surface area contributed by atoms with Crippen LogP contribution in [0.3, 0.4) is 0 Å². The van der Waals surface area contributed by atoms with Crippen molar-refractivity contribution in [3.63, 3.8) is 0 Å². The lowest BCUT2D eigenvalue weighted by atomic mass is 9.97. The zero-order valence-electron chi connectivity index (χ0n) is 11.8. The highest BCUT2D eigenvalue weighted by atomic mass is 32.2. The topological polar surface area (TPSA) is 115 Å². The quantitative estimate of drug-likeness (QED) is 0.733. The van der Waals surface area contributed by atoms with Crippen LogP contribution in [0, 0.1) is 0 Å². The summed E-state index contributed by atoms with van der Waals surface area (Å²) in [6.45, 7) is 0.433. The number of primary sulfonamides is 1. The van der Waals surface area contributed by atoms with Crippen molar-refractivity contribution in [2.45, 2.75) is 37.0 Å². The summed E-state index contributed by atoms with van der Waals surface area (Å²) in [5, 5.41) is 8.01. The number of benzene rings is 1. The molecule has 1 aliphatic carbocycles. The van der Waals surface area contributed by atoms with Gasteiger partial charge in [-0.1, -0.05) is 25.0 Å². The van der Waals surface area contributed by atoms with Gasteiger partial charge in [0.2, 0.25) is 10.0 Å². The summed E-state index contributed by atoms with van der Waals surface area (Å²) in [6, 6.07) is 6.41. The lowest BCUT2D eigenvalue weighted by molar-refractivity contribution is 0.0903. The van der Waals surface area contributed by atoms with Crippen molar-refractivity contribution in [2.24, 2.45) is 10.9 Å². The van der Waals surface area contributed by atoms with Crippen LogP contribution in [0.15, 0.2) is 24.3 Å². The summed E-state index contributed by atoms with van der Waals surface area (Å²) >= 11 is 0. The summed E-state index contributed by atoms with van der Waals surface area (Å²) in [5.41, 5.74) is 6.55. The molecule has 1 aromatic carbocycles. The molecule has 0 saturated heterocycles. The monoisotopic (exact) mass is 311 g/mol. The zero-order valence-corrected chi connectivity index (χ0v) is 12.7. The van der Waals surface area contributed by atoms with Gasteiger partial charge in [-0.3, -0.25) is 4.79 Å². The van der Waals surface area contributed by atoms with E-state index >= 15 is 0 Å². The molecule has 0 aliphatic heterocycles. The van der Waals surface area contributed by atoms with Gasteiger partial charge in [-0.15, -0.1) is 0 Å². The largest absolute Gasteiger partial charge is 0.345 e. The second-order valence-corrected chi connectivity index (χ2v) is 7.26. The van der Waals surface area contributed by atoms with Gasteiger partial charge in [0.05, 0.1) is 11.3 Å². The van der Waals surface area contributed by atoms with Gasteiger partial charge in [-0.25, -0.2) is 13.6 Å². The van der Waals surface area contributed by atoms with Crippen LogP contribution in [0.1, 0.15) is 41.6 Å². The average Bonchev–Trinajstić information content (AvgIpc) is 2.87. The molecule has 0 spiro atoms. The normalized spacial score (nSPS) is 17.6. The fourth-order valence-electron chi connectivity index (χ4n) is 2.73. The van der Waals surface area contributed by atoms with Crippen LogP contribution in [0.25, 0.3) is 0 Å². The third-order valence-corrected chi connectivity index (χ3v) is 4.65. The Hall–Kier alpha value is -1.44. The molecule has 7 heteroatoms. The molecule has 0 atom stereocenters. The first kappa shape index (κ1) is 15.9. The number of nitrogens with two attached hydrogens (primary N) is 2. The first-order valence-electron chi connectivity index (χ1n) is 6.96. The molecule has 0 heterocycles. The highest BCUT2D eigenvalue weighted by molar-refractivity contribution is 7.88. The van der Waals surface area contributed by atoms with Gasteiger partial charge in [0, 0.05) is 12.1 Å². The van der Waals surface area contributed by atoms with Crippen LogP contribution in [-0.4, -0.2) is 26.4 Å². The van der Waals surface area contributed by atoms with Crippen LogP contribution >= 0.6 is 0 Å². The lowest BCUT2D eigenvalue weighted by Crippen LogP contribution is -2.51. The number of nitrogens with one attached hydrogen (secondary N) is 1. The fraction of sp³-hybridized carbons (Fsp3) is 0.500. The summed E-state index contributed by atoms with van der Waals surface area (Å²) in [6.07, 6.45) is 3.95. The van der Waals surface area contributed by atoms with E-state index in [4.69, 9.17) is 10.9 Å². The summed E-state index contributed by atoms with van der Waals surface area (Å²) < 4.78 is 22.0. The standard InChI is InChI=1S/C14H21N3O3S/c15-10-14(7-1-2-8-14)17-13(18)12-5-3-11(4-6-12)9-21(16,19)20/h3-6H,1-2,7-10,15H2,(H,17,18)(H2,16,19,20). The lowest BCUT2D eigenvalue weighted by Gasteiger charge is -2.28. The average molecular weight is 311 g/mol. The van der Waals surface area contributed by atoms with Crippen LogP contribution in [0.4, 0.5) is 0 Å². The molecule has 1 saturated carbocycles. The number of hydrogen-bond donors (Lipinski definition) is 3. The van der Waals surface area contributed by atoms with Gasteiger partial charge in [-0.2, -0.15) is 0 Å². The second kappa shape index (κ2) is 6.13. The molecule has 116 valence electrons. The predicted octanol–water partition coefficient (Wildman–Crippen LogP) is 0.476. The van der Waals surface area contributed by atoms with E-state index in [1.54, 1.807) is 24.3 Å². The molecule has 21 heavy (non-hydrogen) atoms. The van der Waals surface area contributed by atoms with Crippen LogP contribution in [-0.2, 0) is 15.8 Å². The Labute approximate surface area is 124 Å². The maximum Gasteiger partial charge on any atom is 0.251 e. The fourth-order valence-corrected chi connectivity index (χ4v) is 3.39. The first-order chi connectivity index (χ1) is 9.84. The first-order valence-corrected chi connectivity index (χ1v) is 8.67. The SMILES string of the molecule is NCC1(NC(=O)c2ccc(CS(N)(=O)=O)cc2)CCCC1. The molecular weight excluding hydrogens is 290 g/mol. The minimum Gasteiger partial charge on any atom is -0.345 e. The summed E-state index contributed by atoms with van der Waals surface area (Å²) in [4.78, 5) is 12.3. The van der Waals surface area contributed by atoms with Crippen LogP contribution in [0.2, 0.25) is 0 Å². The highest BCUT2D eigenvalue weighted by Crippen LogP contribution is 2.28. The highest BCUT2D eigenvalue weighted by Gasteiger charge is 2.33. The molecule has 0 bridgehead atoms. The molecule has 1 amide bonds. The summed E-state index contributed by atoms with van der Waals surface area (Å²) in [5.74, 6) is -0.411. The van der Waals surface area contributed by atoms with Gasteiger partial charge < -0.3 is 11.1 Å². The zero-order chi connectivity index (χ0) is 15.5. The third-order valence-electron chi connectivity index (χ3n) is 3.91. The van der Waals surface area contributed by atoms with E-state index in [2.05, 4.69) is 5.32 Å². The molecule has 0 radical (unpaired) electrons. The van der Waals surface area contributed by atoms with Gasteiger partial charge >= 0.3 is 0 Å². The Bertz CT molecular complexity index is 605. The Morgan fingerprint density at radius 1 is 1.19 bits per heavy atom. The van der Waals surface area contributed by atoms with Gasteiger partial charge in [-0.05, 0) is 30.5 Å². The summed E-state index contributed by atoms with van der Waals surface area (Å²) in [7, 11) is -3.56. The molecular formula is C14H21N3O3S. The van der Waals surface area contributed by atoms with E-state index in [0.717, 1.165) is 25.7 Å². The van der Waals surface area contributed by atoms with Crippen molar-refractivity contribution < 1.29 is 13.2 Å². The van der Waals surface area contributed by atoms with E-state index in [-0.39, 0.29) is 17.2 Å². The van der Waals surface area contributed by atoms with Crippen molar-refractivity contribution in [3.05, 3.63) is 35.4 Å². The Kier molecular flexibility index (Phi) is 4.65. The number of carbonyl (C=O) groups excluding carboxylic acids is 1. The number of hydrogen-bond acceptors (Lipinski definition) is 4. The maximum atomic E-state index is 12.3. The van der Waals surface area contributed by atoms with Crippen molar-refractivity contribution in [1.29, 1.82) is 0 Å². The Morgan fingerprint density at radius 2 is 1.76 bits per heavy atom. The molecule has 1 fully saturated rings. The van der Waals surface area contributed by atoms with E-state index < -0.39 is 10.0 Å². The van der Waals surface area contributed by atoms with E-state index in [1.807, 2.05) is 0 Å². The number of sulfonamides is 1. The predicted molar refractivity (Wildman–Crippen MR) is 81.0 cm³/mol. The van der Waals surface area contributed by atoms with Crippen molar-refractivity contribution in [2.75, 3.05) is 6.54 Å². The van der Waals surface area contributed by atoms with Gasteiger partial charge in [0.1, 0.15) is 0 Å². The van der Waals surface area contributed by atoms with Crippen LogP contribution < -0.4 is 16.2 Å². The molecule has 5 N–H and O–H groups in total.